The molecule has 2 heterocycles. The molecule has 1 aliphatic rings. The number of nitrogens with zero attached hydrogens (tertiary/aromatic N) is 2. The number of anilines is 2. The van der Waals surface area contributed by atoms with Crippen molar-refractivity contribution in [1.29, 1.82) is 0 Å². The van der Waals surface area contributed by atoms with Gasteiger partial charge in [-0.15, -0.1) is 0 Å². The van der Waals surface area contributed by atoms with Crippen molar-refractivity contribution in [3.63, 3.8) is 0 Å². The van der Waals surface area contributed by atoms with Crippen LogP contribution >= 0.6 is 15.9 Å². The van der Waals surface area contributed by atoms with Gasteiger partial charge in [0.25, 0.3) is 0 Å². The number of aromatic nitrogens is 2. The molecular weight excluding hydrogens is 320 g/mol. The topological polar surface area (TPSA) is 59.1 Å². The average Bonchev–Trinajstić information content (AvgIpc) is 2.49. The van der Waals surface area contributed by atoms with Crippen LogP contribution in [0.5, 0.6) is 5.88 Å². The lowest BCUT2D eigenvalue weighted by molar-refractivity contribution is 0.387. The van der Waals surface area contributed by atoms with Gasteiger partial charge in [0.1, 0.15) is 0 Å². The first-order valence-electron chi connectivity index (χ1n) is 6.43. The van der Waals surface area contributed by atoms with Crippen LogP contribution in [0.2, 0.25) is 0 Å². The second-order valence-electron chi connectivity index (χ2n) is 4.54. The SMILES string of the molecule is COc1nc(Nc2ccc(Br)cc2)nc2c1CCNC2. The second kappa shape index (κ2) is 5.76. The number of rotatable bonds is 3. The monoisotopic (exact) mass is 334 g/mol. The minimum Gasteiger partial charge on any atom is -0.481 e. The van der Waals surface area contributed by atoms with Gasteiger partial charge in [0, 0.05) is 22.3 Å². The van der Waals surface area contributed by atoms with Crippen molar-refractivity contribution in [2.75, 3.05) is 19.0 Å². The van der Waals surface area contributed by atoms with Crippen LogP contribution in [0.15, 0.2) is 28.7 Å². The van der Waals surface area contributed by atoms with Gasteiger partial charge in [-0.2, -0.15) is 4.98 Å². The molecule has 1 aromatic carbocycles. The van der Waals surface area contributed by atoms with E-state index in [9.17, 15) is 0 Å². The zero-order chi connectivity index (χ0) is 13.9. The lowest BCUT2D eigenvalue weighted by Crippen LogP contribution is -2.26. The van der Waals surface area contributed by atoms with Crippen LogP contribution in [0.4, 0.5) is 11.6 Å². The minimum absolute atomic E-state index is 0.562. The van der Waals surface area contributed by atoms with Crippen molar-refractivity contribution in [3.05, 3.63) is 40.0 Å². The number of nitrogens with one attached hydrogen (secondary N) is 2. The van der Waals surface area contributed by atoms with Crippen LogP contribution < -0.4 is 15.4 Å². The number of fused-ring (bicyclic) bond motifs is 1. The van der Waals surface area contributed by atoms with Gasteiger partial charge in [-0.25, -0.2) is 4.98 Å². The van der Waals surface area contributed by atoms with Crippen molar-refractivity contribution < 1.29 is 4.74 Å². The quantitative estimate of drug-likeness (QED) is 0.903. The van der Waals surface area contributed by atoms with Crippen LogP contribution in [0.25, 0.3) is 0 Å². The van der Waals surface area contributed by atoms with Crippen molar-refractivity contribution >= 4 is 27.6 Å². The summed E-state index contributed by atoms with van der Waals surface area (Å²) in [6, 6.07) is 7.88. The molecule has 0 atom stereocenters. The van der Waals surface area contributed by atoms with Gasteiger partial charge in [0.2, 0.25) is 11.8 Å². The Labute approximate surface area is 125 Å². The summed E-state index contributed by atoms with van der Waals surface area (Å²) >= 11 is 3.42. The van der Waals surface area contributed by atoms with E-state index in [0.717, 1.165) is 40.9 Å². The number of hydrogen-bond donors (Lipinski definition) is 2. The highest BCUT2D eigenvalue weighted by molar-refractivity contribution is 9.10. The van der Waals surface area contributed by atoms with Crippen molar-refractivity contribution in [1.82, 2.24) is 15.3 Å². The molecule has 5 nitrogen and oxygen atoms in total. The zero-order valence-electron chi connectivity index (χ0n) is 11.1. The van der Waals surface area contributed by atoms with Crippen LogP contribution in [0.3, 0.4) is 0 Å². The number of benzene rings is 1. The van der Waals surface area contributed by atoms with Gasteiger partial charge in [-0.1, -0.05) is 15.9 Å². The van der Waals surface area contributed by atoms with Gasteiger partial charge in [-0.05, 0) is 37.2 Å². The predicted octanol–water partition coefficient (Wildman–Crippen LogP) is 2.64. The molecular formula is C14H15BrN4O. The van der Waals surface area contributed by atoms with Gasteiger partial charge in [-0.3, -0.25) is 0 Å². The van der Waals surface area contributed by atoms with E-state index in [1.807, 2.05) is 24.3 Å². The summed E-state index contributed by atoms with van der Waals surface area (Å²) in [7, 11) is 1.65. The Kier molecular flexibility index (Phi) is 3.84. The molecule has 20 heavy (non-hydrogen) atoms. The molecule has 2 aromatic rings. The summed E-state index contributed by atoms with van der Waals surface area (Å²) in [4.78, 5) is 9.00. The molecule has 0 saturated carbocycles. The molecule has 0 fully saturated rings. The van der Waals surface area contributed by atoms with Crippen LogP contribution in [0.1, 0.15) is 11.3 Å². The largest absolute Gasteiger partial charge is 0.481 e. The molecule has 0 saturated heterocycles. The van der Waals surface area contributed by atoms with Gasteiger partial charge < -0.3 is 15.4 Å². The molecule has 0 radical (unpaired) electrons. The highest BCUT2D eigenvalue weighted by atomic mass is 79.9. The van der Waals surface area contributed by atoms with Gasteiger partial charge >= 0.3 is 0 Å². The average molecular weight is 335 g/mol. The van der Waals surface area contributed by atoms with Crippen molar-refractivity contribution in [3.8, 4) is 5.88 Å². The molecule has 6 heteroatoms. The van der Waals surface area contributed by atoms with E-state index < -0.39 is 0 Å². The third-order valence-electron chi connectivity index (χ3n) is 3.19. The van der Waals surface area contributed by atoms with E-state index in [1.165, 1.54) is 0 Å². The molecule has 104 valence electrons. The highest BCUT2D eigenvalue weighted by Gasteiger charge is 2.18. The second-order valence-corrected chi connectivity index (χ2v) is 5.46. The van der Waals surface area contributed by atoms with E-state index in [2.05, 4.69) is 36.5 Å². The minimum atomic E-state index is 0.562. The van der Waals surface area contributed by atoms with Crippen molar-refractivity contribution in [2.45, 2.75) is 13.0 Å². The summed E-state index contributed by atoms with van der Waals surface area (Å²) in [5.41, 5.74) is 3.05. The lowest BCUT2D eigenvalue weighted by Gasteiger charge is -2.19. The number of ether oxygens (including phenoxy) is 1. The Balaban J connectivity index is 1.91. The molecule has 1 aromatic heterocycles. The molecule has 2 N–H and O–H groups in total. The third-order valence-corrected chi connectivity index (χ3v) is 3.72. The zero-order valence-corrected chi connectivity index (χ0v) is 12.7. The Morgan fingerprint density at radius 3 is 2.80 bits per heavy atom. The van der Waals surface area contributed by atoms with Crippen molar-refractivity contribution in [2.24, 2.45) is 0 Å². The maximum Gasteiger partial charge on any atom is 0.230 e. The smallest absolute Gasteiger partial charge is 0.230 e. The van der Waals surface area contributed by atoms with E-state index in [0.29, 0.717) is 11.8 Å². The van der Waals surface area contributed by atoms with E-state index in [1.54, 1.807) is 7.11 Å². The highest BCUT2D eigenvalue weighted by Crippen LogP contribution is 2.25. The first-order chi connectivity index (χ1) is 9.76. The predicted molar refractivity (Wildman–Crippen MR) is 81.4 cm³/mol. The lowest BCUT2D eigenvalue weighted by atomic mass is 10.1. The third kappa shape index (κ3) is 2.76. The first kappa shape index (κ1) is 13.3. The fourth-order valence-electron chi connectivity index (χ4n) is 2.21. The number of hydrogen-bond acceptors (Lipinski definition) is 5. The molecule has 0 bridgehead atoms. The fourth-order valence-corrected chi connectivity index (χ4v) is 2.48. The number of methoxy groups -OCH3 is 1. The van der Waals surface area contributed by atoms with Gasteiger partial charge in [0.05, 0.1) is 12.8 Å². The fraction of sp³-hybridized carbons (Fsp3) is 0.286. The molecule has 0 aliphatic carbocycles. The van der Waals surface area contributed by atoms with Gasteiger partial charge in [0.15, 0.2) is 0 Å². The van der Waals surface area contributed by atoms with E-state index >= 15 is 0 Å². The standard InChI is InChI=1S/C14H15BrN4O/c1-20-13-11-6-7-16-8-12(11)18-14(19-13)17-10-4-2-9(15)3-5-10/h2-5,16H,6-8H2,1H3,(H,17,18,19). The molecule has 1 aliphatic heterocycles. The summed E-state index contributed by atoms with van der Waals surface area (Å²) in [5, 5.41) is 6.52. The van der Waals surface area contributed by atoms with Crippen LogP contribution in [-0.4, -0.2) is 23.6 Å². The molecule has 0 unspecified atom stereocenters. The molecule has 3 rings (SSSR count). The number of halogens is 1. The van der Waals surface area contributed by atoms with E-state index in [4.69, 9.17) is 4.74 Å². The maximum atomic E-state index is 5.38. The summed E-state index contributed by atoms with van der Waals surface area (Å²) in [6.45, 7) is 1.69. The summed E-state index contributed by atoms with van der Waals surface area (Å²) in [5.74, 6) is 1.22. The summed E-state index contributed by atoms with van der Waals surface area (Å²) in [6.07, 6.45) is 0.900. The summed E-state index contributed by atoms with van der Waals surface area (Å²) < 4.78 is 6.42. The Morgan fingerprint density at radius 2 is 2.05 bits per heavy atom. The Bertz CT molecular complexity index is 598. The van der Waals surface area contributed by atoms with E-state index in [-0.39, 0.29) is 0 Å². The van der Waals surface area contributed by atoms with Crippen LogP contribution in [-0.2, 0) is 13.0 Å². The van der Waals surface area contributed by atoms with Crippen LogP contribution in [0, 0.1) is 0 Å². The normalized spacial score (nSPS) is 13.7. The molecule has 0 spiro atoms. The maximum absolute atomic E-state index is 5.38. The molecule has 0 amide bonds. The Hall–Kier alpha value is -1.66. The first-order valence-corrected chi connectivity index (χ1v) is 7.22. The Morgan fingerprint density at radius 1 is 1.25 bits per heavy atom.